The Bertz CT molecular complexity index is 455. The molecule has 0 aromatic heterocycles. The van der Waals surface area contributed by atoms with Crippen LogP contribution in [0.2, 0.25) is 0 Å². The minimum absolute atomic E-state index is 0.391. The number of carboxylic acid groups (broad SMARTS) is 1. The highest BCUT2D eigenvalue weighted by Gasteiger charge is 2.37. The van der Waals surface area contributed by atoms with E-state index in [2.05, 4.69) is 0 Å². The summed E-state index contributed by atoms with van der Waals surface area (Å²) in [5, 5.41) is 18.7. The van der Waals surface area contributed by atoms with Crippen molar-refractivity contribution in [2.75, 3.05) is 20.8 Å². The number of hydrogen-bond acceptors (Lipinski definition) is 4. The van der Waals surface area contributed by atoms with Crippen LogP contribution in [0.4, 0.5) is 0 Å². The van der Waals surface area contributed by atoms with Crippen molar-refractivity contribution < 1.29 is 24.5 Å². The molecule has 0 amide bonds. The van der Waals surface area contributed by atoms with E-state index in [4.69, 9.17) is 9.47 Å². The van der Waals surface area contributed by atoms with E-state index in [9.17, 15) is 15.0 Å². The van der Waals surface area contributed by atoms with Crippen LogP contribution in [0.1, 0.15) is 18.1 Å². The summed E-state index contributed by atoms with van der Waals surface area (Å²) in [6, 6.07) is 3.30. The minimum atomic E-state index is -1.42. The Morgan fingerprint density at radius 1 is 1.28 bits per heavy atom. The maximum Gasteiger partial charge on any atom is 0.316 e. The molecule has 5 nitrogen and oxygen atoms in total. The molecule has 1 rings (SSSR count). The van der Waals surface area contributed by atoms with Gasteiger partial charge in [0.05, 0.1) is 20.8 Å². The van der Waals surface area contributed by atoms with E-state index in [1.165, 1.54) is 21.1 Å². The highest BCUT2D eigenvalue weighted by molar-refractivity contribution is 5.82. The Kier molecular flexibility index (Phi) is 4.19. The summed E-state index contributed by atoms with van der Waals surface area (Å²) >= 11 is 0. The molecule has 0 heterocycles. The summed E-state index contributed by atoms with van der Waals surface area (Å²) < 4.78 is 10.4. The van der Waals surface area contributed by atoms with Crippen LogP contribution in [0, 0.1) is 6.92 Å². The van der Waals surface area contributed by atoms with E-state index in [0.29, 0.717) is 17.1 Å². The Labute approximate surface area is 106 Å². The lowest BCUT2D eigenvalue weighted by Crippen LogP contribution is -2.36. The van der Waals surface area contributed by atoms with Gasteiger partial charge in [0.2, 0.25) is 0 Å². The van der Waals surface area contributed by atoms with E-state index in [-0.39, 0.29) is 0 Å². The zero-order valence-corrected chi connectivity index (χ0v) is 11.0. The Morgan fingerprint density at radius 3 is 2.22 bits per heavy atom. The first kappa shape index (κ1) is 14.3. The number of aliphatic hydroxyl groups excluding tert-OH is 1. The van der Waals surface area contributed by atoms with Crippen LogP contribution >= 0.6 is 0 Å². The van der Waals surface area contributed by atoms with Crippen molar-refractivity contribution >= 4 is 5.97 Å². The molecule has 0 saturated heterocycles. The van der Waals surface area contributed by atoms with Crippen LogP contribution in [-0.4, -0.2) is 37.0 Å². The van der Waals surface area contributed by atoms with Gasteiger partial charge < -0.3 is 19.7 Å². The van der Waals surface area contributed by atoms with Gasteiger partial charge in [0, 0.05) is 5.56 Å². The molecule has 1 unspecified atom stereocenters. The number of aliphatic hydroxyl groups is 1. The fourth-order valence-corrected chi connectivity index (χ4v) is 1.75. The number of rotatable bonds is 5. The van der Waals surface area contributed by atoms with Gasteiger partial charge in [-0.15, -0.1) is 0 Å². The van der Waals surface area contributed by atoms with Gasteiger partial charge in [-0.25, -0.2) is 0 Å². The number of carbonyl (C=O) groups is 1. The van der Waals surface area contributed by atoms with Gasteiger partial charge in [-0.3, -0.25) is 4.79 Å². The van der Waals surface area contributed by atoms with E-state index in [1.54, 1.807) is 12.1 Å². The maximum absolute atomic E-state index is 11.3. The second-order valence-electron chi connectivity index (χ2n) is 4.32. The molecular weight excluding hydrogens is 236 g/mol. The number of carboxylic acids is 1. The van der Waals surface area contributed by atoms with Gasteiger partial charge in [0.15, 0.2) is 0 Å². The summed E-state index contributed by atoms with van der Waals surface area (Å²) in [6.07, 6.45) is 0. The molecule has 5 heteroatoms. The maximum atomic E-state index is 11.3. The number of hydrogen-bond donors (Lipinski definition) is 2. The first-order valence-corrected chi connectivity index (χ1v) is 5.48. The van der Waals surface area contributed by atoms with E-state index in [1.807, 2.05) is 6.92 Å². The zero-order valence-electron chi connectivity index (χ0n) is 11.0. The summed E-state index contributed by atoms with van der Waals surface area (Å²) in [5.74, 6) is -0.131. The lowest BCUT2D eigenvalue weighted by atomic mass is 9.82. The molecule has 0 saturated carbocycles. The second kappa shape index (κ2) is 5.27. The lowest BCUT2D eigenvalue weighted by molar-refractivity contribution is -0.144. The molecule has 0 aliphatic heterocycles. The highest BCUT2D eigenvalue weighted by atomic mass is 16.5. The van der Waals surface area contributed by atoms with Crippen molar-refractivity contribution in [3.05, 3.63) is 23.3 Å². The molecule has 2 N–H and O–H groups in total. The quantitative estimate of drug-likeness (QED) is 0.829. The van der Waals surface area contributed by atoms with Crippen LogP contribution in [-0.2, 0) is 10.2 Å². The molecule has 0 radical (unpaired) electrons. The number of aliphatic carboxylic acids is 1. The van der Waals surface area contributed by atoms with Gasteiger partial charge >= 0.3 is 5.97 Å². The second-order valence-corrected chi connectivity index (χ2v) is 4.32. The number of aryl methyl sites for hydroxylation is 1. The fourth-order valence-electron chi connectivity index (χ4n) is 1.75. The summed E-state index contributed by atoms with van der Waals surface area (Å²) in [7, 11) is 2.97. The zero-order chi connectivity index (χ0) is 13.9. The molecule has 18 heavy (non-hydrogen) atoms. The van der Waals surface area contributed by atoms with Crippen LogP contribution in [0.25, 0.3) is 0 Å². The van der Waals surface area contributed by atoms with Crippen LogP contribution < -0.4 is 9.47 Å². The molecule has 1 aromatic rings. The first-order chi connectivity index (χ1) is 8.40. The SMILES string of the molecule is COc1cc(C(C)(CO)C(=O)O)c(OC)cc1C. The Morgan fingerprint density at radius 2 is 1.83 bits per heavy atom. The molecule has 1 aromatic carbocycles. The highest BCUT2D eigenvalue weighted by Crippen LogP contribution is 2.36. The van der Waals surface area contributed by atoms with Gasteiger partial charge in [0.1, 0.15) is 16.9 Å². The summed E-state index contributed by atoms with van der Waals surface area (Å²) in [5.41, 5.74) is -0.196. The Balaban J connectivity index is 3.50. The third-order valence-electron chi connectivity index (χ3n) is 3.10. The van der Waals surface area contributed by atoms with E-state index < -0.39 is 18.0 Å². The van der Waals surface area contributed by atoms with Crippen molar-refractivity contribution in [2.24, 2.45) is 0 Å². The molecular formula is C13H18O5. The van der Waals surface area contributed by atoms with Crippen LogP contribution in [0.15, 0.2) is 12.1 Å². The third-order valence-corrected chi connectivity index (χ3v) is 3.10. The fraction of sp³-hybridized carbons (Fsp3) is 0.462. The number of ether oxygens (including phenoxy) is 2. The molecule has 0 spiro atoms. The number of benzene rings is 1. The predicted octanol–water partition coefficient (Wildman–Crippen LogP) is 1.35. The predicted molar refractivity (Wildman–Crippen MR) is 66.4 cm³/mol. The lowest BCUT2D eigenvalue weighted by Gasteiger charge is -2.25. The standard InChI is InChI=1S/C13H18O5/c1-8-5-11(18-4)9(6-10(8)17-3)13(2,7-14)12(15)16/h5-6,14H,7H2,1-4H3,(H,15,16). The number of methoxy groups -OCH3 is 2. The monoisotopic (exact) mass is 254 g/mol. The van der Waals surface area contributed by atoms with Crippen molar-refractivity contribution in [2.45, 2.75) is 19.3 Å². The van der Waals surface area contributed by atoms with Crippen LogP contribution in [0.3, 0.4) is 0 Å². The van der Waals surface area contributed by atoms with Crippen molar-refractivity contribution in [3.8, 4) is 11.5 Å². The molecule has 0 bridgehead atoms. The smallest absolute Gasteiger partial charge is 0.316 e. The van der Waals surface area contributed by atoms with Crippen molar-refractivity contribution in [1.29, 1.82) is 0 Å². The largest absolute Gasteiger partial charge is 0.496 e. The first-order valence-electron chi connectivity index (χ1n) is 5.48. The molecule has 0 aliphatic carbocycles. The summed E-state index contributed by atoms with van der Waals surface area (Å²) in [4.78, 5) is 11.3. The normalized spacial score (nSPS) is 13.8. The van der Waals surface area contributed by atoms with E-state index in [0.717, 1.165) is 5.56 Å². The van der Waals surface area contributed by atoms with Gasteiger partial charge in [0.25, 0.3) is 0 Å². The van der Waals surface area contributed by atoms with Crippen LogP contribution in [0.5, 0.6) is 11.5 Å². The molecule has 0 fully saturated rings. The average molecular weight is 254 g/mol. The van der Waals surface area contributed by atoms with Gasteiger partial charge in [-0.05, 0) is 31.5 Å². The van der Waals surface area contributed by atoms with Crippen molar-refractivity contribution in [1.82, 2.24) is 0 Å². The van der Waals surface area contributed by atoms with Crippen molar-refractivity contribution in [3.63, 3.8) is 0 Å². The molecule has 1 atom stereocenters. The Hall–Kier alpha value is -1.75. The molecule has 0 aliphatic rings. The topological polar surface area (TPSA) is 76.0 Å². The third kappa shape index (κ3) is 2.26. The molecule has 100 valence electrons. The summed E-state index contributed by atoms with van der Waals surface area (Å²) in [6.45, 7) is 2.76. The van der Waals surface area contributed by atoms with Gasteiger partial charge in [-0.1, -0.05) is 0 Å². The average Bonchev–Trinajstić information content (AvgIpc) is 2.36. The minimum Gasteiger partial charge on any atom is -0.496 e. The van der Waals surface area contributed by atoms with Gasteiger partial charge in [-0.2, -0.15) is 0 Å². The van der Waals surface area contributed by atoms with E-state index >= 15 is 0 Å².